The Labute approximate surface area is 215 Å². The molecule has 1 aliphatic rings. The molecule has 0 saturated carbocycles. The number of hydrogen-bond donors (Lipinski definition) is 0. The van der Waals surface area contributed by atoms with Crippen molar-refractivity contribution in [2.24, 2.45) is 0 Å². The molecular formula is C30H48N3OP. The summed E-state index contributed by atoms with van der Waals surface area (Å²) in [6, 6.07) is 13.0. The molecule has 1 aliphatic heterocycles. The second-order valence-corrected chi connectivity index (χ2v) is 14.0. The zero-order chi connectivity index (χ0) is 25.4. The van der Waals surface area contributed by atoms with E-state index in [9.17, 15) is 4.57 Å². The fourth-order valence-electron chi connectivity index (χ4n) is 5.29. The first kappa shape index (κ1) is 28.1. The Morgan fingerprint density at radius 3 is 1.54 bits per heavy atom. The third-order valence-corrected chi connectivity index (χ3v) is 10.5. The smallest absolute Gasteiger partial charge is 0.144 e. The highest BCUT2D eigenvalue weighted by atomic mass is 31.2. The summed E-state index contributed by atoms with van der Waals surface area (Å²) in [5.74, 6) is 0. The minimum absolute atomic E-state index is 0.801. The number of benzene rings is 2. The van der Waals surface area contributed by atoms with E-state index in [1.54, 1.807) is 0 Å². The molecule has 0 aromatic heterocycles. The maximum Gasteiger partial charge on any atom is 0.144 e. The van der Waals surface area contributed by atoms with Crippen LogP contribution in [0.3, 0.4) is 0 Å². The molecule has 3 rings (SSSR count). The van der Waals surface area contributed by atoms with Crippen molar-refractivity contribution >= 4 is 17.8 Å². The molecule has 0 amide bonds. The molecule has 0 unspecified atom stereocenters. The highest BCUT2D eigenvalue weighted by Gasteiger charge is 2.38. The van der Waals surface area contributed by atoms with Crippen molar-refractivity contribution in [3.05, 3.63) is 47.5 Å². The van der Waals surface area contributed by atoms with Gasteiger partial charge in [-0.1, -0.05) is 48.2 Å². The molecule has 0 bridgehead atoms. The lowest BCUT2D eigenvalue weighted by Crippen LogP contribution is -2.31. The second kappa shape index (κ2) is 13.2. The first-order valence-corrected chi connectivity index (χ1v) is 15.4. The average Bonchev–Trinajstić information content (AvgIpc) is 3.02. The van der Waals surface area contributed by atoms with Crippen LogP contribution in [-0.4, -0.2) is 81.8 Å². The van der Waals surface area contributed by atoms with E-state index >= 15 is 0 Å². The minimum Gasteiger partial charge on any atom is -0.314 e. The lowest BCUT2D eigenvalue weighted by atomic mass is 10.0. The van der Waals surface area contributed by atoms with E-state index in [0.717, 1.165) is 42.7 Å². The van der Waals surface area contributed by atoms with Crippen LogP contribution in [-0.2, 0) is 4.57 Å². The van der Waals surface area contributed by atoms with Gasteiger partial charge in [0, 0.05) is 16.8 Å². The number of unbranched alkanes of at least 4 members (excludes halogenated alkanes) is 3. The van der Waals surface area contributed by atoms with Crippen LogP contribution in [0.1, 0.15) is 49.7 Å². The van der Waals surface area contributed by atoms with E-state index in [2.05, 4.69) is 93.1 Å². The Balaban J connectivity index is 1.52. The third kappa shape index (κ3) is 7.76. The molecule has 2 aromatic rings. The lowest BCUT2D eigenvalue weighted by molar-refractivity contribution is 0.236. The maximum atomic E-state index is 14.4. The molecule has 0 radical (unpaired) electrons. The van der Waals surface area contributed by atoms with Gasteiger partial charge in [-0.15, -0.1) is 0 Å². The molecule has 0 aliphatic carbocycles. The van der Waals surface area contributed by atoms with E-state index in [1.807, 2.05) is 0 Å². The van der Waals surface area contributed by atoms with Crippen molar-refractivity contribution in [2.45, 2.75) is 52.4 Å². The van der Waals surface area contributed by atoms with Gasteiger partial charge in [0.05, 0.1) is 0 Å². The van der Waals surface area contributed by atoms with Crippen LogP contribution < -0.4 is 10.6 Å². The van der Waals surface area contributed by atoms with E-state index in [-0.39, 0.29) is 0 Å². The van der Waals surface area contributed by atoms with E-state index in [0.29, 0.717) is 0 Å². The van der Waals surface area contributed by atoms with Gasteiger partial charge in [0.15, 0.2) is 0 Å². The molecule has 4 nitrogen and oxygen atoms in total. The number of rotatable bonds is 15. The van der Waals surface area contributed by atoms with Gasteiger partial charge in [-0.2, -0.15) is 0 Å². The number of fused-ring (bicyclic) bond motifs is 3. The van der Waals surface area contributed by atoms with Crippen molar-refractivity contribution in [3.8, 4) is 11.1 Å². The largest absolute Gasteiger partial charge is 0.314 e. The Morgan fingerprint density at radius 1 is 0.600 bits per heavy atom. The van der Waals surface area contributed by atoms with Crippen molar-refractivity contribution in [3.63, 3.8) is 0 Å². The Bertz CT molecular complexity index is 932. The fraction of sp³-hybridized carbons (Fsp3) is 0.600. The van der Waals surface area contributed by atoms with Crippen molar-refractivity contribution in [1.82, 2.24) is 14.7 Å². The topological polar surface area (TPSA) is 26.8 Å². The van der Waals surface area contributed by atoms with Gasteiger partial charge in [-0.05, 0) is 124 Å². The van der Waals surface area contributed by atoms with Gasteiger partial charge >= 0.3 is 0 Å². The molecule has 0 N–H and O–H groups in total. The first-order chi connectivity index (χ1) is 16.7. The van der Waals surface area contributed by atoms with Gasteiger partial charge < -0.3 is 19.3 Å². The van der Waals surface area contributed by atoms with Gasteiger partial charge in [0.1, 0.15) is 7.14 Å². The summed E-state index contributed by atoms with van der Waals surface area (Å²) in [7, 11) is 6.09. The van der Waals surface area contributed by atoms with Gasteiger partial charge in [0.2, 0.25) is 0 Å². The normalized spacial score (nSPS) is 14.2. The lowest BCUT2D eigenvalue weighted by Gasteiger charge is -2.24. The molecule has 5 heteroatoms. The third-order valence-electron chi connectivity index (χ3n) is 7.23. The average molecular weight is 498 g/mol. The second-order valence-electron chi connectivity index (χ2n) is 11.1. The fourth-order valence-corrected chi connectivity index (χ4v) is 8.69. The summed E-state index contributed by atoms with van der Waals surface area (Å²) in [6.07, 6.45) is 7.93. The monoisotopic (exact) mass is 497 g/mol. The van der Waals surface area contributed by atoms with Gasteiger partial charge in [0.25, 0.3) is 0 Å². The quantitative estimate of drug-likeness (QED) is 0.244. The molecule has 0 fully saturated rings. The zero-order valence-corrected chi connectivity index (χ0v) is 24.0. The highest BCUT2D eigenvalue weighted by molar-refractivity contribution is 7.80. The number of nitrogens with zero attached hydrogens (tertiary/aromatic N) is 3. The van der Waals surface area contributed by atoms with Crippen LogP contribution in [0.5, 0.6) is 0 Å². The predicted octanol–water partition coefficient (Wildman–Crippen LogP) is 5.36. The summed E-state index contributed by atoms with van der Waals surface area (Å²) in [5, 5.41) is 2.21. The van der Waals surface area contributed by atoms with Crippen LogP contribution in [0.2, 0.25) is 0 Å². The van der Waals surface area contributed by atoms with E-state index < -0.39 is 7.14 Å². The standard InChI is InChI=1S/C30H48N3OP/c1-25-13-15-27-28-16-14-26(2)24-30(28)35(34,29(27)23-25)22-10-8-7-9-19-33(20-11-17-31(3)4)21-12-18-32(5)6/h13-16,23-24H,7-12,17-22H2,1-6H3. The van der Waals surface area contributed by atoms with E-state index in [1.165, 1.54) is 67.6 Å². The van der Waals surface area contributed by atoms with Crippen LogP contribution >= 0.6 is 7.14 Å². The number of aryl methyl sites for hydroxylation is 2. The van der Waals surface area contributed by atoms with Crippen molar-refractivity contribution < 1.29 is 4.57 Å². The predicted molar refractivity (Wildman–Crippen MR) is 154 cm³/mol. The Morgan fingerprint density at radius 2 is 1.06 bits per heavy atom. The maximum absolute atomic E-state index is 14.4. The van der Waals surface area contributed by atoms with Gasteiger partial charge in [-0.25, -0.2) is 0 Å². The molecule has 0 atom stereocenters. The summed E-state index contributed by atoms with van der Waals surface area (Å²) >= 11 is 0. The highest BCUT2D eigenvalue weighted by Crippen LogP contribution is 2.53. The summed E-state index contributed by atoms with van der Waals surface area (Å²) in [4.78, 5) is 7.22. The van der Waals surface area contributed by atoms with Crippen LogP contribution in [0.4, 0.5) is 0 Å². The van der Waals surface area contributed by atoms with Crippen LogP contribution in [0, 0.1) is 13.8 Å². The van der Waals surface area contributed by atoms with Crippen LogP contribution in [0.15, 0.2) is 36.4 Å². The van der Waals surface area contributed by atoms with Gasteiger partial charge in [-0.3, -0.25) is 0 Å². The molecular weight excluding hydrogens is 449 g/mol. The van der Waals surface area contributed by atoms with Crippen LogP contribution in [0.25, 0.3) is 11.1 Å². The summed E-state index contributed by atoms with van der Waals surface area (Å²) in [6.45, 7) is 10.1. The zero-order valence-electron chi connectivity index (χ0n) is 23.1. The first-order valence-electron chi connectivity index (χ1n) is 13.5. The number of hydrogen-bond acceptors (Lipinski definition) is 4. The minimum atomic E-state index is -2.54. The molecule has 35 heavy (non-hydrogen) atoms. The summed E-state index contributed by atoms with van der Waals surface area (Å²) in [5.41, 5.74) is 4.80. The van der Waals surface area contributed by atoms with Crippen molar-refractivity contribution in [1.29, 1.82) is 0 Å². The Hall–Kier alpha value is -1.45. The molecule has 0 saturated heterocycles. The SMILES string of the molecule is Cc1ccc2c(c1)P(=O)(CCCCCCN(CCCN(C)C)CCCN(C)C)c1cc(C)ccc1-2. The molecule has 194 valence electrons. The summed E-state index contributed by atoms with van der Waals surface area (Å²) < 4.78 is 14.4. The van der Waals surface area contributed by atoms with E-state index in [4.69, 9.17) is 0 Å². The Kier molecular flexibility index (Phi) is 10.6. The molecule has 2 aromatic carbocycles. The molecule has 1 heterocycles. The molecule has 0 spiro atoms. The van der Waals surface area contributed by atoms with Crippen molar-refractivity contribution in [2.75, 3.05) is 67.1 Å².